The molecule has 0 radical (unpaired) electrons. The number of carbonyl (C=O) groups is 1. The van der Waals surface area contributed by atoms with Crippen LogP contribution in [0.2, 0.25) is 0 Å². The Morgan fingerprint density at radius 1 is 1.27 bits per heavy atom. The molecule has 0 bridgehead atoms. The largest absolute Gasteiger partial charge is 0.370 e. The third kappa shape index (κ3) is 12.1. The summed E-state index contributed by atoms with van der Waals surface area (Å²) in [7, 11) is 0. The molecule has 1 unspecified atom stereocenters. The lowest BCUT2D eigenvalue weighted by Crippen LogP contribution is -2.39. The van der Waals surface area contributed by atoms with Crippen LogP contribution in [0.3, 0.4) is 0 Å². The fourth-order valence-corrected chi connectivity index (χ4v) is 2.47. The number of guanidine groups is 1. The fourth-order valence-electron chi connectivity index (χ4n) is 2.47. The minimum Gasteiger partial charge on any atom is -0.370 e. The molecule has 0 heterocycles. The minimum absolute atomic E-state index is 0. The molecule has 1 aromatic rings. The number of nitrogens with two attached hydrogens (primary N) is 1. The lowest BCUT2D eigenvalue weighted by molar-refractivity contribution is -0.120. The highest BCUT2D eigenvalue weighted by molar-refractivity contribution is 14.0. The highest BCUT2D eigenvalue weighted by Gasteiger charge is 2.05. The molecule has 0 aliphatic carbocycles. The van der Waals surface area contributed by atoms with Gasteiger partial charge in [-0.2, -0.15) is 0 Å². The van der Waals surface area contributed by atoms with Gasteiger partial charge in [0.25, 0.3) is 0 Å². The van der Waals surface area contributed by atoms with Gasteiger partial charge in [-0.1, -0.05) is 38.8 Å². The van der Waals surface area contributed by atoms with Crippen molar-refractivity contribution in [2.45, 2.75) is 52.5 Å². The number of carbonyl (C=O) groups excluding carboxylic acids is 1. The Bertz CT molecular complexity index is 566. The van der Waals surface area contributed by atoms with E-state index in [0.717, 1.165) is 12.8 Å². The number of rotatable bonds is 10. The summed E-state index contributed by atoms with van der Waals surface area (Å²) in [5, 5.41) is 5.92. The van der Waals surface area contributed by atoms with Gasteiger partial charge in [0.2, 0.25) is 5.91 Å². The molecule has 5 nitrogen and oxygen atoms in total. The van der Waals surface area contributed by atoms with Crippen molar-refractivity contribution in [2.24, 2.45) is 16.6 Å². The van der Waals surface area contributed by atoms with Crippen LogP contribution in [0.4, 0.5) is 4.39 Å². The van der Waals surface area contributed by atoms with E-state index in [-0.39, 0.29) is 48.2 Å². The van der Waals surface area contributed by atoms with Crippen LogP contribution in [0.25, 0.3) is 0 Å². The second-order valence-electron chi connectivity index (χ2n) is 6.79. The van der Waals surface area contributed by atoms with E-state index in [2.05, 4.69) is 36.4 Å². The summed E-state index contributed by atoms with van der Waals surface area (Å²) < 4.78 is 13.1. The van der Waals surface area contributed by atoms with Crippen molar-refractivity contribution in [3.63, 3.8) is 0 Å². The van der Waals surface area contributed by atoms with Crippen LogP contribution in [-0.4, -0.2) is 31.0 Å². The molecule has 0 aliphatic heterocycles. The Kier molecular flexibility index (Phi) is 13.0. The van der Waals surface area contributed by atoms with Crippen LogP contribution in [0, 0.1) is 11.7 Å². The molecule has 0 saturated heterocycles. The summed E-state index contributed by atoms with van der Waals surface area (Å²) in [5.41, 5.74) is 6.50. The van der Waals surface area contributed by atoms with E-state index < -0.39 is 0 Å². The molecule has 26 heavy (non-hydrogen) atoms. The quantitative estimate of drug-likeness (QED) is 0.209. The molecule has 148 valence electrons. The Morgan fingerprint density at radius 2 is 2.00 bits per heavy atom. The molecular weight excluding hydrogens is 446 g/mol. The van der Waals surface area contributed by atoms with E-state index in [4.69, 9.17) is 5.73 Å². The number of hydrogen-bond donors (Lipinski definition) is 3. The van der Waals surface area contributed by atoms with Gasteiger partial charge in [-0.3, -0.25) is 9.79 Å². The fraction of sp³-hybridized carbons (Fsp3) is 0.579. The van der Waals surface area contributed by atoms with Crippen LogP contribution in [0.5, 0.6) is 0 Å². The van der Waals surface area contributed by atoms with Crippen molar-refractivity contribution in [3.05, 3.63) is 35.6 Å². The smallest absolute Gasteiger partial charge is 0.224 e. The molecule has 0 saturated carbocycles. The SMILES string of the molecule is CC(C)CCCC(C)NC(N)=NCCNC(=O)Cc1cccc(F)c1.I. The van der Waals surface area contributed by atoms with Crippen molar-refractivity contribution < 1.29 is 9.18 Å². The van der Waals surface area contributed by atoms with E-state index in [1.165, 1.54) is 18.6 Å². The Balaban J connectivity index is 0.00000625. The minimum atomic E-state index is -0.337. The van der Waals surface area contributed by atoms with Gasteiger partial charge in [0.1, 0.15) is 5.82 Å². The van der Waals surface area contributed by atoms with Crippen molar-refractivity contribution in [1.29, 1.82) is 0 Å². The zero-order valence-electron chi connectivity index (χ0n) is 15.9. The van der Waals surface area contributed by atoms with E-state index in [9.17, 15) is 9.18 Å². The maximum absolute atomic E-state index is 13.1. The zero-order valence-corrected chi connectivity index (χ0v) is 18.3. The van der Waals surface area contributed by atoms with Gasteiger partial charge in [-0.25, -0.2) is 4.39 Å². The molecule has 1 amide bonds. The van der Waals surface area contributed by atoms with Gasteiger partial charge in [0.05, 0.1) is 13.0 Å². The zero-order chi connectivity index (χ0) is 18.7. The second kappa shape index (κ2) is 13.8. The van der Waals surface area contributed by atoms with Crippen molar-refractivity contribution in [2.75, 3.05) is 13.1 Å². The van der Waals surface area contributed by atoms with E-state index >= 15 is 0 Å². The van der Waals surface area contributed by atoms with Gasteiger partial charge in [0.15, 0.2) is 5.96 Å². The molecule has 0 aliphatic rings. The Hall–Kier alpha value is -1.38. The van der Waals surface area contributed by atoms with Crippen LogP contribution in [0.15, 0.2) is 29.3 Å². The third-order valence-electron chi connectivity index (χ3n) is 3.78. The molecule has 4 N–H and O–H groups in total. The van der Waals surface area contributed by atoms with Crippen LogP contribution in [0.1, 0.15) is 45.6 Å². The Morgan fingerprint density at radius 3 is 2.65 bits per heavy atom. The molecule has 1 rings (SSSR count). The number of halogens is 2. The first-order valence-corrected chi connectivity index (χ1v) is 8.94. The normalized spacial score (nSPS) is 12.4. The molecule has 0 fully saturated rings. The number of nitrogens with zero attached hydrogens (tertiary/aromatic N) is 1. The maximum Gasteiger partial charge on any atom is 0.224 e. The van der Waals surface area contributed by atoms with Crippen molar-refractivity contribution in [3.8, 4) is 0 Å². The predicted octanol–water partition coefficient (Wildman–Crippen LogP) is 3.22. The van der Waals surface area contributed by atoms with Gasteiger partial charge in [-0.05, 0) is 37.0 Å². The molecule has 7 heteroatoms. The van der Waals surface area contributed by atoms with Gasteiger partial charge >= 0.3 is 0 Å². The summed E-state index contributed by atoms with van der Waals surface area (Å²) in [6, 6.07) is 6.32. The molecule has 0 aromatic heterocycles. The molecule has 1 atom stereocenters. The van der Waals surface area contributed by atoms with Gasteiger partial charge < -0.3 is 16.4 Å². The first-order valence-electron chi connectivity index (χ1n) is 8.94. The summed E-state index contributed by atoms with van der Waals surface area (Å²) in [6.45, 7) is 7.33. The number of hydrogen-bond acceptors (Lipinski definition) is 2. The molecule has 0 spiro atoms. The lowest BCUT2D eigenvalue weighted by atomic mass is 10.0. The van der Waals surface area contributed by atoms with Gasteiger partial charge in [-0.15, -0.1) is 24.0 Å². The number of amides is 1. The summed E-state index contributed by atoms with van der Waals surface area (Å²) in [5.74, 6) is 0.622. The van der Waals surface area contributed by atoms with Gasteiger partial charge in [0, 0.05) is 12.6 Å². The first-order chi connectivity index (χ1) is 11.9. The summed E-state index contributed by atoms with van der Waals surface area (Å²) in [6.07, 6.45) is 3.58. The average molecular weight is 478 g/mol. The van der Waals surface area contributed by atoms with E-state index in [1.807, 2.05) is 0 Å². The maximum atomic E-state index is 13.1. The Labute approximate surface area is 173 Å². The average Bonchev–Trinajstić information content (AvgIpc) is 2.51. The van der Waals surface area contributed by atoms with Crippen LogP contribution in [-0.2, 0) is 11.2 Å². The van der Waals surface area contributed by atoms with Crippen LogP contribution >= 0.6 is 24.0 Å². The number of aliphatic imine (C=N–C) groups is 1. The lowest BCUT2D eigenvalue weighted by Gasteiger charge is -2.15. The van der Waals surface area contributed by atoms with E-state index in [1.54, 1.807) is 12.1 Å². The monoisotopic (exact) mass is 478 g/mol. The predicted molar refractivity (Wildman–Crippen MR) is 116 cm³/mol. The topological polar surface area (TPSA) is 79.5 Å². The van der Waals surface area contributed by atoms with Crippen molar-refractivity contribution >= 4 is 35.8 Å². The standard InChI is InChI=1S/C19H31FN4O.HI/c1-14(2)6-4-7-15(3)24-19(21)23-11-10-22-18(25)13-16-8-5-9-17(20)12-16;/h5,8-9,12,14-15H,4,6-7,10-11,13H2,1-3H3,(H,22,25)(H3,21,23,24);1H. The second-order valence-corrected chi connectivity index (χ2v) is 6.79. The van der Waals surface area contributed by atoms with Crippen molar-refractivity contribution in [1.82, 2.24) is 10.6 Å². The first kappa shape index (κ1) is 24.6. The summed E-state index contributed by atoms with van der Waals surface area (Å²) >= 11 is 0. The summed E-state index contributed by atoms with van der Waals surface area (Å²) in [4.78, 5) is 16.0. The number of benzene rings is 1. The third-order valence-corrected chi connectivity index (χ3v) is 3.78. The number of nitrogens with one attached hydrogen (secondary N) is 2. The molecule has 1 aromatic carbocycles. The van der Waals surface area contributed by atoms with E-state index in [0.29, 0.717) is 30.5 Å². The highest BCUT2D eigenvalue weighted by atomic mass is 127. The highest BCUT2D eigenvalue weighted by Crippen LogP contribution is 2.08. The van der Waals surface area contributed by atoms with Crippen LogP contribution < -0.4 is 16.4 Å². The molecular formula is C19H32FIN4O.